The average Bonchev–Trinajstić information content (AvgIpc) is 2.63. The molecule has 104 valence electrons. The lowest BCUT2D eigenvalue weighted by atomic mass is 9.99. The average molecular weight is 325 g/mol. The summed E-state index contributed by atoms with van der Waals surface area (Å²) in [5, 5.41) is 0. The monoisotopic (exact) mass is 324 g/mol. The third-order valence-electron chi connectivity index (χ3n) is 3.96. The van der Waals surface area contributed by atoms with Gasteiger partial charge in [-0.15, -0.1) is 0 Å². The summed E-state index contributed by atoms with van der Waals surface area (Å²) in [4.78, 5) is 12.3. The van der Waals surface area contributed by atoms with Crippen molar-refractivity contribution in [3.05, 3.63) is 34.2 Å². The van der Waals surface area contributed by atoms with Crippen LogP contribution in [0.1, 0.15) is 37.1 Å². The number of hydrogen-bond acceptors (Lipinski definition) is 1. The number of benzene rings is 1. The maximum Gasteiger partial charge on any atom is 0.328 e. The van der Waals surface area contributed by atoms with Gasteiger partial charge >= 0.3 is 5.69 Å². The second-order valence-corrected chi connectivity index (χ2v) is 6.47. The topological polar surface area (TPSA) is 26.9 Å². The highest BCUT2D eigenvalue weighted by Crippen LogP contribution is 2.32. The Bertz CT molecular complexity index is 641. The Balaban J connectivity index is 2.42. The molecule has 2 unspecified atom stereocenters. The highest BCUT2D eigenvalue weighted by atomic mass is 79.9. The third kappa shape index (κ3) is 2.64. The molecule has 19 heavy (non-hydrogen) atoms. The van der Waals surface area contributed by atoms with Crippen LogP contribution in [-0.4, -0.2) is 9.13 Å². The smallest absolute Gasteiger partial charge is 0.295 e. The number of halogens is 1. The van der Waals surface area contributed by atoms with E-state index in [0.29, 0.717) is 10.7 Å². The highest BCUT2D eigenvalue weighted by molar-refractivity contribution is 9.09. The van der Waals surface area contributed by atoms with Gasteiger partial charge in [-0.25, -0.2) is 4.79 Å². The van der Waals surface area contributed by atoms with Crippen molar-refractivity contribution < 1.29 is 0 Å². The first kappa shape index (κ1) is 14.4. The van der Waals surface area contributed by atoms with E-state index < -0.39 is 0 Å². The lowest BCUT2D eigenvalue weighted by Gasteiger charge is -2.15. The van der Waals surface area contributed by atoms with E-state index in [0.717, 1.165) is 17.5 Å². The second kappa shape index (κ2) is 5.53. The van der Waals surface area contributed by atoms with E-state index in [-0.39, 0.29) is 5.69 Å². The van der Waals surface area contributed by atoms with Gasteiger partial charge in [-0.2, -0.15) is 0 Å². The number of alkyl halides is 1. The number of fused-ring (bicyclic) bond motifs is 1. The first-order chi connectivity index (χ1) is 8.95. The van der Waals surface area contributed by atoms with Crippen LogP contribution < -0.4 is 5.69 Å². The lowest BCUT2D eigenvalue weighted by Crippen LogP contribution is -2.19. The van der Waals surface area contributed by atoms with Gasteiger partial charge in [0.2, 0.25) is 0 Å². The molecule has 0 spiro atoms. The summed E-state index contributed by atoms with van der Waals surface area (Å²) >= 11 is 3.77. The largest absolute Gasteiger partial charge is 0.328 e. The molecule has 0 saturated carbocycles. The molecule has 1 heterocycles. The number of hydrogen-bond donors (Lipinski definition) is 0. The molecular weight excluding hydrogens is 304 g/mol. The molecule has 3 nitrogen and oxygen atoms in total. The Hall–Kier alpha value is -1.03. The van der Waals surface area contributed by atoms with Crippen molar-refractivity contribution in [2.45, 2.75) is 31.5 Å². The summed E-state index contributed by atoms with van der Waals surface area (Å²) in [6.07, 6.45) is 2.30. The van der Waals surface area contributed by atoms with E-state index in [4.69, 9.17) is 0 Å². The van der Waals surface area contributed by atoms with Crippen molar-refractivity contribution in [2.24, 2.45) is 20.0 Å². The zero-order valence-corrected chi connectivity index (χ0v) is 13.6. The molecule has 2 atom stereocenters. The predicted molar refractivity (Wildman–Crippen MR) is 83.9 cm³/mol. The number of nitrogens with zero attached hydrogens (tertiary/aromatic N) is 2. The first-order valence-electron chi connectivity index (χ1n) is 6.75. The van der Waals surface area contributed by atoms with Crippen LogP contribution in [0.4, 0.5) is 0 Å². The van der Waals surface area contributed by atoms with Gasteiger partial charge in [0, 0.05) is 18.9 Å². The minimum absolute atomic E-state index is 0.0280. The minimum Gasteiger partial charge on any atom is -0.295 e. The molecule has 0 radical (unpaired) electrons. The Morgan fingerprint density at radius 2 is 1.84 bits per heavy atom. The maximum absolute atomic E-state index is 11.9. The third-order valence-corrected chi connectivity index (χ3v) is 4.87. The van der Waals surface area contributed by atoms with Gasteiger partial charge < -0.3 is 0 Å². The molecule has 1 aromatic carbocycles. The molecule has 0 fully saturated rings. The summed E-state index contributed by atoms with van der Waals surface area (Å²) in [7, 11) is 3.64. The zero-order valence-electron chi connectivity index (χ0n) is 12.0. The van der Waals surface area contributed by atoms with E-state index in [1.165, 1.54) is 12.0 Å². The van der Waals surface area contributed by atoms with Crippen molar-refractivity contribution in [3.8, 4) is 0 Å². The Morgan fingerprint density at radius 3 is 2.47 bits per heavy atom. The number of aromatic nitrogens is 2. The zero-order chi connectivity index (χ0) is 14.2. The van der Waals surface area contributed by atoms with Crippen LogP contribution in [0.25, 0.3) is 11.0 Å². The SMILES string of the molecule is CCC(C)CC(Br)c1ccc2c(c1)n(C)c(=O)n2C. The molecular formula is C15H21BrN2O. The van der Waals surface area contributed by atoms with Crippen molar-refractivity contribution in [1.82, 2.24) is 9.13 Å². The molecule has 2 aromatic rings. The fourth-order valence-corrected chi connectivity index (χ4v) is 3.30. The van der Waals surface area contributed by atoms with E-state index in [2.05, 4.69) is 41.9 Å². The van der Waals surface area contributed by atoms with Crippen LogP contribution in [0.15, 0.2) is 23.0 Å². The van der Waals surface area contributed by atoms with E-state index in [1.54, 1.807) is 9.13 Å². The van der Waals surface area contributed by atoms with Crippen LogP contribution in [0.3, 0.4) is 0 Å². The normalized spacial score (nSPS) is 14.8. The number of imidazole rings is 1. The molecule has 0 bridgehead atoms. The Morgan fingerprint density at radius 1 is 1.21 bits per heavy atom. The van der Waals surface area contributed by atoms with E-state index in [1.807, 2.05) is 20.2 Å². The molecule has 4 heteroatoms. The van der Waals surface area contributed by atoms with Gasteiger partial charge in [0.05, 0.1) is 11.0 Å². The van der Waals surface area contributed by atoms with E-state index >= 15 is 0 Å². The summed E-state index contributed by atoms with van der Waals surface area (Å²) < 4.78 is 3.40. The molecule has 1 aromatic heterocycles. The number of rotatable bonds is 4. The molecule has 0 amide bonds. The van der Waals surface area contributed by atoms with Crippen LogP contribution in [0.5, 0.6) is 0 Å². The quantitative estimate of drug-likeness (QED) is 0.787. The summed E-state index contributed by atoms with van der Waals surface area (Å²) in [6.45, 7) is 4.49. The molecule has 0 aliphatic heterocycles. The van der Waals surface area contributed by atoms with Gasteiger partial charge in [0.25, 0.3) is 0 Å². The van der Waals surface area contributed by atoms with Crippen LogP contribution in [0, 0.1) is 5.92 Å². The molecule has 0 aliphatic rings. The molecule has 0 N–H and O–H groups in total. The lowest BCUT2D eigenvalue weighted by molar-refractivity contribution is 0.514. The van der Waals surface area contributed by atoms with Crippen LogP contribution in [-0.2, 0) is 14.1 Å². The molecule has 2 rings (SSSR count). The highest BCUT2D eigenvalue weighted by Gasteiger charge is 2.14. The fraction of sp³-hybridized carbons (Fsp3) is 0.533. The Labute approximate surface area is 122 Å². The molecule has 0 saturated heterocycles. The van der Waals surface area contributed by atoms with Crippen molar-refractivity contribution in [3.63, 3.8) is 0 Å². The van der Waals surface area contributed by atoms with Gasteiger partial charge in [0.1, 0.15) is 0 Å². The number of aryl methyl sites for hydroxylation is 2. The van der Waals surface area contributed by atoms with Gasteiger partial charge in [0.15, 0.2) is 0 Å². The summed E-state index contributed by atoms with van der Waals surface area (Å²) in [6, 6.07) is 6.28. The minimum atomic E-state index is 0.0280. The van der Waals surface area contributed by atoms with Crippen molar-refractivity contribution in [2.75, 3.05) is 0 Å². The summed E-state index contributed by atoms with van der Waals surface area (Å²) in [5.41, 5.74) is 3.26. The van der Waals surface area contributed by atoms with Crippen molar-refractivity contribution >= 4 is 27.0 Å². The first-order valence-corrected chi connectivity index (χ1v) is 7.66. The fourth-order valence-electron chi connectivity index (χ4n) is 2.37. The van der Waals surface area contributed by atoms with Crippen LogP contribution in [0.2, 0.25) is 0 Å². The van der Waals surface area contributed by atoms with Crippen LogP contribution >= 0.6 is 15.9 Å². The van der Waals surface area contributed by atoms with Gasteiger partial charge in [-0.1, -0.05) is 42.3 Å². The standard InChI is InChI=1S/C15H21BrN2O/c1-5-10(2)8-12(16)11-6-7-13-14(9-11)18(4)15(19)17(13)3/h6-7,9-10,12H,5,8H2,1-4H3. The molecule has 0 aliphatic carbocycles. The predicted octanol–water partition coefficient (Wildman–Crippen LogP) is 3.75. The van der Waals surface area contributed by atoms with E-state index in [9.17, 15) is 4.79 Å². The van der Waals surface area contributed by atoms with Gasteiger partial charge in [-0.05, 0) is 30.0 Å². The van der Waals surface area contributed by atoms with Crippen molar-refractivity contribution in [1.29, 1.82) is 0 Å². The second-order valence-electron chi connectivity index (χ2n) is 5.37. The maximum atomic E-state index is 11.9. The van der Waals surface area contributed by atoms with Gasteiger partial charge in [-0.3, -0.25) is 9.13 Å². The Kier molecular flexibility index (Phi) is 4.19. The summed E-state index contributed by atoms with van der Waals surface area (Å²) in [5.74, 6) is 0.694.